The number of H-pyrrole nitrogens is 2. The first-order chi connectivity index (χ1) is 30.1. The van der Waals surface area contributed by atoms with Gasteiger partial charge in [-0.25, -0.2) is 4.98 Å². The third kappa shape index (κ3) is 15.0. The number of benzene rings is 2. The number of nitrogens with two attached hydrogens (primary N) is 1. The van der Waals surface area contributed by atoms with Crippen molar-refractivity contribution < 1.29 is 43.5 Å². The van der Waals surface area contributed by atoms with Crippen LogP contribution in [0.4, 0.5) is 0 Å². The molecule has 2 heterocycles. The maximum atomic E-state index is 14.0. The van der Waals surface area contributed by atoms with Crippen LogP contribution in [0.15, 0.2) is 73.3 Å². The van der Waals surface area contributed by atoms with Crippen LogP contribution in [0.5, 0.6) is 0 Å². The second kappa shape index (κ2) is 24.1. The maximum absolute atomic E-state index is 14.0. The Morgan fingerprint density at radius 2 is 1.33 bits per heavy atom. The lowest BCUT2D eigenvalue weighted by molar-refractivity contribution is -0.141. The second-order valence-electron chi connectivity index (χ2n) is 15.2. The van der Waals surface area contributed by atoms with E-state index in [-0.39, 0.29) is 25.7 Å². The van der Waals surface area contributed by atoms with Gasteiger partial charge in [-0.3, -0.25) is 38.4 Å². The van der Waals surface area contributed by atoms with Crippen molar-refractivity contribution in [3.63, 3.8) is 0 Å². The van der Waals surface area contributed by atoms with E-state index in [0.717, 1.165) is 10.9 Å². The van der Waals surface area contributed by atoms with Crippen molar-refractivity contribution in [3.8, 4) is 0 Å². The van der Waals surface area contributed by atoms with Gasteiger partial charge in [-0.05, 0) is 41.5 Å². The lowest BCUT2D eigenvalue weighted by atomic mass is 9.97. The number of para-hydroxylation sites is 1. The van der Waals surface area contributed by atoms with E-state index < -0.39 is 95.9 Å². The summed E-state index contributed by atoms with van der Waals surface area (Å²) < 4.78 is 0. The summed E-state index contributed by atoms with van der Waals surface area (Å²) in [5, 5.41) is 26.3. The summed E-state index contributed by atoms with van der Waals surface area (Å²) in [6, 6.07) is 8.22. The number of carbonyl (C=O) groups excluding carboxylic acids is 7. The molecule has 2 aromatic carbocycles. The highest BCUT2D eigenvalue weighted by Gasteiger charge is 2.35. The molecule has 0 saturated heterocycles. The number of hydrogen-bond acceptors (Lipinski definition) is 10. The average Bonchev–Trinajstić information content (AvgIpc) is 3.92. The fourth-order valence-electron chi connectivity index (χ4n) is 6.80. The van der Waals surface area contributed by atoms with Crippen molar-refractivity contribution in [3.05, 3.63) is 90.1 Å². The van der Waals surface area contributed by atoms with E-state index in [9.17, 15) is 43.5 Å². The number of aliphatic carboxylic acids is 1. The van der Waals surface area contributed by atoms with E-state index in [1.165, 1.54) is 31.2 Å². The van der Waals surface area contributed by atoms with Gasteiger partial charge in [0.25, 0.3) is 0 Å². The van der Waals surface area contributed by atoms with E-state index >= 15 is 0 Å². The number of carboxylic acids is 1. The highest BCUT2D eigenvalue weighted by Crippen LogP contribution is 2.19. The lowest BCUT2D eigenvalue weighted by Gasteiger charge is -2.29. The Morgan fingerprint density at radius 3 is 1.97 bits per heavy atom. The minimum Gasteiger partial charge on any atom is -0.481 e. The van der Waals surface area contributed by atoms with Crippen LogP contribution in [0.3, 0.4) is 0 Å². The van der Waals surface area contributed by atoms with Crippen molar-refractivity contribution in [2.45, 2.75) is 95.5 Å². The van der Waals surface area contributed by atoms with E-state index in [0.29, 0.717) is 29.0 Å². The van der Waals surface area contributed by atoms with E-state index in [4.69, 9.17) is 5.73 Å². The number of carbonyl (C=O) groups is 8. The molecule has 338 valence electrons. The smallest absolute Gasteiger partial charge is 0.305 e. The maximum Gasteiger partial charge on any atom is 0.305 e. The number of rotatable bonds is 25. The number of thioether (sulfide) groups is 1. The van der Waals surface area contributed by atoms with Crippen LogP contribution in [-0.2, 0) is 57.6 Å². The van der Waals surface area contributed by atoms with Gasteiger partial charge < -0.3 is 52.7 Å². The Morgan fingerprint density at radius 1 is 0.730 bits per heavy atom. The van der Waals surface area contributed by atoms with Gasteiger partial charge in [0.2, 0.25) is 41.4 Å². The van der Waals surface area contributed by atoms with Crippen molar-refractivity contribution in [2.75, 3.05) is 12.0 Å². The number of amides is 7. The molecule has 20 heteroatoms. The number of hydrogen-bond donors (Lipinski definition) is 10. The molecule has 0 fully saturated rings. The molecule has 0 saturated carbocycles. The third-order valence-electron chi connectivity index (χ3n) is 10.4. The van der Waals surface area contributed by atoms with Crippen LogP contribution in [0, 0.1) is 5.92 Å². The first-order valence-electron chi connectivity index (χ1n) is 20.4. The third-order valence-corrected chi connectivity index (χ3v) is 11.0. The van der Waals surface area contributed by atoms with Crippen molar-refractivity contribution in [1.29, 1.82) is 0 Å². The zero-order valence-corrected chi connectivity index (χ0v) is 36.4. The zero-order valence-electron chi connectivity index (χ0n) is 35.6. The molecule has 0 aliphatic rings. The Labute approximate surface area is 368 Å². The Balaban J connectivity index is 1.53. The second-order valence-corrected chi connectivity index (χ2v) is 16.2. The highest BCUT2D eigenvalue weighted by atomic mass is 32.2. The summed E-state index contributed by atoms with van der Waals surface area (Å²) in [4.78, 5) is 116. The minimum atomic E-state index is -1.72. The number of aromatic amines is 2. The average molecular weight is 889 g/mol. The quantitative estimate of drug-likeness (QED) is 0.0440. The topological polar surface area (TPSA) is 299 Å². The monoisotopic (exact) mass is 888 g/mol. The molecule has 0 aliphatic carbocycles. The standard InChI is InChI=1S/C43H56N10O9S/c1-5-24(2)37(53-42(61)34(48-25(3)54)19-28-22-45-23-47-28)43(62)49-31(15-16-63-4)39(58)52-35(20-36(55)56)41(60)51-33(17-26-11-7-6-8-12-26)40(59)50-32(38(44)57)18-27-21-46-30-14-10-9-13-29(27)30/h6-14,21-24,31-35,37,46H,5,15-20H2,1-4H3,(H2,44,57)(H,45,47)(H,48,54)(H,49,62)(H,50,59)(H,51,60)(H,52,58)(H,53,61)(H,55,56)/t24-,31-,32-,33-,34-,35-,37-/m0/s1. The van der Waals surface area contributed by atoms with Gasteiger partial charge >= 0.3 is 5.97 Å². The van der Waals surface area contributed by atoms with E-state index in [1.807, 2.05) is 31.2 Å². The van der Waals surface area contributed by atoms with Gasteiger partial charge in [0, 0.05) is 55.2 Å². The van der Waals surface area contributed by atoms with Crippen LogP contribution in [-0.4, -0.2) is 116 Å². The Kier molecular flexibility index (Phi) is 18.7. The lowest BCUT2D eigenvalue weighted by Crippen LogP contribution is -2.61. The molecular weight excluding hydrogens is 833 g/mol. The predicted octanol–water partition coefficient (Wildman–Crippen LogP) is 0.607. The molecule has 0 unspecified atom stereocenters. The number of primary amides is 1. The molecule has 2 aromatic heterocycles. The molecule has 0 radical (unpaired) electrons. The van der Waals surface area contributed by atoms with E-state index in [1.54, 1.807) is 49.7 Å². The largest absolute Gasteiger partial charge is 0.481 e. The SMILES string of the molecule is CC[C@H](C)[C@H](NC(=O)[C@H](Cc1cnc[nH]1)NC(C)=O)C(=O)N[C@@H](CCSC)C(=O)N[C@@H](CC(=O)O)C(=O)N[C@@H](Cc1ccccc1)C(=O)N[C@@H](Cc1c[nH]c2ccccc12)C(N)=O. The Hall–Kier alpha value is -6.70. The van der Waals surface area contributed by atoms with Gasteiger partial charge in [-0.2, -0.15) is 11.8 Å². The van der Waals surface area contributed by atoms with Crippen LogP contribution >= 0.6 is 11.8 Å². The molecule has 19 nitrogen and oxygen atoms in total. The zero-order chi connectivity index (χ0) is 46.1. The summed E-state index contributed by atoms with van der Waals surface area (Å²) in [5.41, 5.74) is 8.45. The number of aromatic nitrogens is 3. The van der Waals surface area contributed by atoms with Crippen LogP contribution < -0.4 is 37.6 Å². The van der Waals surface area contributed by atoms with Gasteiger partial charge in [0.1, 0.15) is 36.3 Å². The molecule has 0 spiro atoms. The van der Waals surface area contributed by atoms with Crippen molar-refractivity contribution >= 4 is 70.0 Å². The molecule has 7 atom stereocenters. The summed E-state index contributed by atoms with van der Waals surface area (Å²) in [6.45, 7) is 4.79. The fraction of sp³-hybridized carbons (Fsp3) is 0.419. The highest BCUT2D eigenvalue weighted by molar-refractivity contribution is 7.98. The number of fused-ring (bicyclic) bond motifs is 1. The molecule has 0 bridgehead atoms. The number of imidazole rings is 1. The van der Waals surface area contributed by atoms with Crippen molar-refractivity contribution in [1.82, 2.24) is 46.9 Å². The first-order valence-corrected chi connectivity index (χ1v) is 21.8. The molecule has 0 aliphatic heterocycles. The van der Waals surface area contributed by atoms with E-state index in [2.05, 4.69) is 46.9 Å². The van der Waals surface area contributed by atoms with Gasteiger partial charge in [-0.15, -0.1) is 0 Å². The first kappa shape index (κ1) is 49.0. The Bertz CT molecular complexity index is 2200. The van der Waals surface area contributed by atoms with Gasteiger partial charge in [0.05, 0.1) is 12.7 Å². The number of carboxylic acid groups (broad SMARTS) is 1. The van der Waals surface area contributed by atoms with Crippen molar-refractivity contribution in [2.24, 2.45) is 11.7 Å². The molecular formula is C43H56N10O9S. The summed E-state index contributed by atoms with van der Waals surface area (Å²) in [7, 11) is 0. The summed E-state index contributed by atoms with van der Waals surface area (Å²) in [6.07, 6.45) is 6.01. The number of nitrogens with zero attached hydrogens (tertiary/aromatic N) is 1. The molecule has 4 rings (SSSR count). The van der Waals surface area contributed by atoms with Gasteiger partial charge in [0.15, 0.2) is 0 Å². The number of nitrogens with one attached hydrogen (secondary N) is 8. The molecule has 4 aromatic rings. The minimum absolute atomic E-state index is 0.0284. The molecule has 63 heavy (non-hydrogen) atoms. The molecule has 11 N–H and O–H groups in total. The normalized spacial score (nSPS) is 14.4. The predicted molar refractivity (Wildman–Crippen MR) is 236 cm³/mol. The van der Waals surface area contributed by atoms with Crippen LogP contribution in [0.2, 0.25) is 0 Å². The fourth-order valence-corrected chi connectivity index (χ4v) is 7.27. The molecule has 7 amide bonds. The van der Waals surface area contributed by atoms with Gasteiger partial charge in [-0.1, -0.05) is 68.8 Å². The summed E-state index contributed by atoms with van der Waals surface area (Å²) >= 11 is 1.37. The summed E-state index contributed by atoms with van der Waals surface area (Å²) in [5.74, 6) is -6.91. The van der Waals surface area contributed by atoms with Crippen LogP contribution in [0.1, 0.15) is 56.9 Å². The van der Waals surface area contributed by atoms with Crippen LogP contribution in [0.25, 0.3) is 10.9 Å².